The van der Waals surface area contributed by atoms with Gasteiger partial charge in [0.15, 0.2) is 0 Å². The van der Waals surface area contributed by atoms with Crippen LogP contribution in [-0.2, 0) is 17.9 Å². The first-order valence-corrected chi connectivity index (χ1v) is 5.48. The molecular weight excluding hydrogens is 216 g/mol. The van der Waals surface area contributed by atoms with Gasteiger partial charge in [-0.2, -0.15) is 0 Å². The number of ether oxygens (including phenoxy) is 1. The van der Waals surface area contributed by atoms with Crippen molar-refractivity contribution in [2.75, 3.05) is 14.2 Å². The van der Waals surface area contributed by atoms with Crippen LogP contribution in [0.1, 0.15) is 11.3 Å². The number of hydrogen-bond donors (Lipinski definition) is 1. The number of para-hydroxylation sites is 1. The fraction of sp³-hybridized carbons (Fsp3) is 0.333. The molecule has 1 aromatic heterocycles. The van der Waals surface area contributed by atoms with Gasteiger partial charge in [0.1, 0.15) is 0 Å². The number of benzene rings is 1. The third-order valence-corrected chi connectivity index (χ3v) is 2.50. The van der Waals surface area contributed by atoms with Crippen LogP contribution < -0.4 is 5.32 Å². The van der Waals surface area contributed by atoms with Gasteiger partial charge in [0.25, 0.3) is 0 Å². The van der Waals surface area contributed by atoms with Gasteiger partial charge in [-0.25, -0.2) is 4.68 Å². The van der Waals surface area contributed by atoms with E-state index in [1.165, 1.54) is 0 Å². The highest BCUT2D eigenvalue weighted by atomic mass is 16.5. The van der Waals surface area contributed by atoms with E-state index in [0.29, 0.717) is 6.61 Å². The first-order chi connectivity index (χ1) is 8.36. The molecule has 5 nitrogen and oxygen atoms in total. The van der Waals surface area contributed by atoms with Crippen LogP contribution in [-0.4, -0.2) is 29.2 Å². The Morgan fingerprint density at radius 2 is 2.18 bits per heavy atom. The van der Waals surface area contributed by atoms with Crippen LogP contribution in [0.3, 0.4) is 0 Å². The molecule has 0 atom stereocenters. The number of rotatable bonds is 5. The van der Waals surface area contributed by atoms with E-state index < -0.39 is 0 Å². The molecule has 0 aliphatic heterocycles. The van der Waals surface area contributed by atoms with E-state index in [2.05, 4.69) is 15.6 Å². The quantitative estimate of drug-likeness (QED) is 0.839. The summed E-state index contributed by atoms with van der Waals surface area (Å²) in [6.45, 7) is 1.29. The summed E-state index contributed by atoms with van der Waals surface area (Å²) in [5.74, 6) is 0. The van der Waals surface area contributed by atoms with E-state index >= 15 is 0 Å². The molecule has 0 radical (unpaired) electrons. The van der Waals surface area contributed by atoms with E-state index in [0.717, 1.165) is 23.5 Å². The normalized spacial score (nSPS) is 10.7. The molecule has 0 fully saturated rings. The maximum absolute atomic E-state index is 5.19. The zero-order valence-electron chi connectivity index (χ0n) is 10.1. The molecule has 0 aliphatic carbocycles. The van der Waals surface area contributed by atoms with Crippen molar-refractivity contribution in [3.8, 4) is 5.69 Å². The van der Waals surface area contributed by atoms with Crippen LogP contribution in [0, 0.1) is 0 Å². The first kappa shape index (κ1) is 11.8. The molecule has 0 saturated carbocycles. The summed E-state index contributed by atoms with van der Waals surface area (Å²) in [6, 6.07) is 8.03. The highest BCUT2D eigenvalue weighted by Gasteiger charge is 2.09. The predicted octanol–water partition coefficient (Wildman–Crippen LogP) is 1.13. The van der Waals surface area contributed by atoms with Crippen LogP contribution >= 0.6 is 0 Å². The molecule has 1 N–H and O–H groups in total. The van der Waals surface area contributed by atoms with Crippen molar-refractivity contribution >= 4 is 0 Å². The van der Waals surface area contributed by atoms with Gasteiger partial charge in [-0.3, -0.25) is 0 Å². The van der Waals surface area contributed by atoms with Crippen molar-refractivity contribution in [1.29, 1.82) is 0 Å². The third kappa shape index (κ3) is 2.51. The second-order valence-electron chi connectivity index (χ2n) is 3.73. The minimum absolute atomic E-state index is 0.565. The van der Waals surface area contributed by atoms with Crippen molar-refractivity contribution in [2.24, 2.45) is 0 Å². The zero-order valence-corrected chi connectivity index (χ0v) is 10.1. The Bertz CT molecular complexity index is 481. The summed E-state index contributed by atoms with van der Waals surface area (Å²) in [5.41, 5.74) is 3.13. The van der Waals surface area contributed by atoms with Gasteiger partial charge in [0.05, 0.1) is 24.2 Å². The summed E-state index contributed by atoms with van der Waals surface area (Å²) in [7, 11) is 3.59. The number of methoxy groups -OCH3 is 1. The molecule has 0 unspecified atom stereocenters. The molecule has 0 amide bonds. The molecule has 17 heavy (non-hydrogen) atoms. The minimum atomic E-state index is 0.565. The van der Waals surface area contributed by atoms with Crippen molar-refractivity contribution in [3.05, 3.63) is 41.7 Å². The van der Waals surface area contributed by atoms with Crippen molar-refractivity contribution in [1.82, 2.24) is 20.3 Å². The molecule has 1 aromatic carbocycles. The summed E-state index contributed by atoms with van der Waals surface area (Å²) >= 11 is 0. The second-order valence-corrected chi connectivity index (χ2v) is 3.73. The summed E-state index contributed by atoms with van der Waals surface area (Å²) in [4.78, 5) is 0. The largest absolute Gasteiger partial charge is 0.380 e. The van der Waals surface area contributed by atoms with Gasteiger partial charge in [0.2, 0.25) is 0 Å². The standard InChI is InChI=1S/C12H16N4O/c1-13-7-11-8-14-15-16(11)12-6-4-3-5-10(12)9-17-2/h3-6,8,13H,7,9H2,1-2H3. The van der Waals surface area contributed by atoms with E-state index in [9.17, 15) is 0 Å². The smallest absolute Gasteiger partial charge is 0.0783 e. The van der Waals surface area contributed by atoms with Gasteiger partial charge < -0.3 is 10.1 Å². The average Bonchev–Trinajstić information content (AvgIpc) is 2.79. The number of hydrogen-bond acceptors (Lipinski definition) is 4. The van der Waals surface area contributed by atoms with Crippen molar-refractivity contribution in [2.45, 2.75) is 13.2 Å². The average molecular weight is 232 g/mol. The van der Waals surface area contributed by atoms with Crippen molar-refractivity contribution < 1.29 is 4.74 Å². The monoisotopic (exact) mass is 232 g/mol. The number of nitrogens with one attached hydrogen (secondary N) is 1. The second kappa shape index (κ2) is 5.56. The predicted molar refractivity (Wildman–Crippen MR) is 64.8 cm³/mol. The molecule has 0 aliphatic rings. The van der Waals surface area contributed by atoms with E-state index in [1.54, 1.807) is 13.3 Å². The summed E-state index contributed by atoms with van der Waals surface area (Å²) in [5, 5.41) is 11.2. The van der Waals surface area contributed by atoms with Gasteiger partial charge in [-0.05, 0) is 13.1 Å². The Morgan fingerprint density at radius 1 is 1.35 bits per heavy atom. The Morgan fingerprint density at radius 3 is 2.94 bits per heavy atom. The summed E-state index contributed by atoms with van der Waals surface area (Å²) in [6.07, 6.45) is 1.76. The van der Waals surface area contributed by atoms with Gasteiger partial charge in [-0.15, -0.1) is 5.10 Å². The fourth-order valence-corrected chi connectivity index (χ4v) is 1.76. The first-order valence-electron chi connectivity index (χ1n) is 5.48. The van der Waals surface area contributed by atoms with Gasteiger partial charge in [0, 0.05) is 19.2 Å². The van der Waals surface area contributed by atoms with Crippen LogP contribution in [0.5, 0.6) is 0 Å². The SMILES string of the molecule is CNCc1cnnn1-c1ccccc1COC. The molecule has 0 spiro atoms. The number of nitrogens with zero attached hydrogens (tertiary/aromatic N) is 3. The highest BCUT2D eigenvalue weighted by Crippen LogP contribution is 2.16. The Labute approximate surface area is 100 Å². The van der Waals surface area contributed by atoms with Crippen LogP contribution in [0.2, 0.25) is 0 Å². The number of aromatic nitrogens is 3. The van der Waals surface area contributed by atoms with Gasteiger partial charge >= 0.3 is 0 Å². The van der Waals surface area contributed by atoms with Crippen LogP contribution in [0.15, 0.2) is 30.5 Å². The Kier molecular flexibility index (Phi) is 3.85. The lowest BCUT2D eigenvalue weighted by Crippen LogP contribution is -2.12. The lowest BCUT2D eigenvalue weighted by molar-refractivity contribution is 0.184. The Hall–Kier alpha value is -1.72. The maximum Gasteiger partial charge on any atom is 0.0783 e. The topological polar surface area (TPSA) is 52.0 Å². The Balaban J connectivity index is 2.41. The molecule has 0 bridgehead atoms. The molecule has 2 aromatic rings. The molecular formula is C12H16N4O. The van der Waals surface area contributed by atoms with E-state index in [4.69, 9.17) is 4.74 Å². The van der Waals surface area contributed by atoms with Crippen molar-refractivity contribution in [3.63, 3.8) is 0 Å². The zero-order chi connectivity index (χ0) is 12.1. The highest BCUT2D eigenvalue weighted by molar-refractivity contribution is 5.40. The summed E-state index contributed by atoms with van der Waals surface area (Å²) < 4.78 is 7.03. The molecule has 90 valence electrons. The van der Waals surface area contributed by atoms with Crippen LogP contribution in [0.4, 0.5) is 0 Å². The maximum atomic E-state index is 5.19. The third-order valence-electron chi connectivity index (χ3n) is 2.50. The molecule has 5 heteroatoms. The lowest BCUT2D eigenvalue weighted by Gasteiger charge is -2.10. The van der Waals surface area contributed by atoms with Gasteiger partial charge in [-0.1, -0.05) is 23.4 Å². The lowest BCUT2D eigenvalue weighted by atomic mass is 10.2. The fourth-order valence-electron chi connectivity index (χ4n) is 1.76. The van der Waals surface area contributed by atoms with Crippen LogP contribution in [0.25, 0.3) is 5.69 Å². The molecule has 1 heterocycles. The molecule has 2 rings (SSSR count). The van der Waals surface area contributed by atoms with E-state index in [-0.39, 0.29) is 0 Å². The minimum Gasteiger partial charge on any atom is -0.380 e. The van der Waals surface area contributed by atoms with E-state index in [1.807, 2.05) is 36.0 Å². The molecule has 0 saturated heterocycles.